The summed E-state index contributed by atoms with van der Waals surface area (Å²) in [6.07, 6.45) is 2.19. The lowest BCUT2D eigenvalue weighted by atomic mass is 10.1. The first-order chi connectivity index (χ1) is 13.3. The Hall–Kier alpha value is -3.43. The lowest BCUT2D eigenvalue weighted by Gasteiger charge is -2.21. The summed E-state index contributed by atoms with van der Waals surface area (Å²) in [5.41, 5.74) is 4.98. The third-order valence-corrected chi connectivity index (χ3v) is 4.56. The number of imidazole rings is 1. The van der Waals surface area contributed by atoms with E-state index in [0.717, 1.165) is 10.6 Å². The summed E-state index contributed by atoms with van der Waals surface area (Å²) in [7, 11) is 0. The molecule has 3 N–H and O–H groups in total. The van der Waals surface area contributed by atoms with Crippen LogP contribution in [0.2, 0.25) is 0 Å². The maximum Gasteiger partial charge on any atom is 0.333 e. The summed E-state index contributed by atoms with van der Waals surface area (Å²) in [6, 6.07) is 2.52. The van der Waals surface area contributed by atoms with E-state index < -0.39 is 17.4 Å². The standard InChI is InChI=1S/C18H18FN5O4/c1-8-3-4-9(2)28-17-10(14(20)25)7-11(19)16(23-17)24-13-12(27-8)5-6-21-15(13)22-18(24)26/h5-9H,3-4H2,1-2H3,(H2,20,25)(H,21,22,26). The lowest BCUT2D eigenvalue weighted by molar-refractivity contribution is 0.0988. The molecule has 28 heavy (non-hydrogen) atoms. The van der Waals surface area contributed by atoms with Gasteiger partial charge in [0.2, 0.25) is 5.88 Å². The molecule has 4 rings (SSSR count). The van der Waals surface area contributed by atoms with Gasteiger partial charge in [0.15, 0.2) is 17.3 Å². The first-order valence-electron chi connectivity index (χ1n) is 8.79. The Balaban J connectivity index is 2.06. The number of nitrogens with one attached hydrogen (secondary N) is 1. The fourth-order valence-electron chi connectivity index (χ4n) is 3.18. The average Bonchev–Trinajstić information content (AvgIpc) is 2.97. The Morgan fingerprint density at radius 2 is 2.04 bits per heavy atom. The molecule has 0 saturated carbocycles. The van der Waals surface area contributed by atoms with Gasteiger partial charge in [-0.15, -0.1) is 0 Å². The van der Waals surface area contributed by atoms with Crippen molar-refractivity contribution >= 4 is 17.1 Å². The van der Waals surface area contributed by atoms with Crippen LogP contribution in [0.15, 0.2) is 23.1 Å². The number of fused-ring (bicyclic) bond motifs is 3. The second kappa shape index (κ2) is 6.63. The zero-order valence-electron chi connectivity index (χ0n) is 15.2. The molecule has 4 heterocycles. The fourth-order valence-corrected chi connectivity index (χ4v) is 3.18. The van der Waals surface area contributed by atoms with Crippen molar-refractivity contribution in [1.82, 2.24) is 19.5 Å². The van der Waals surface area contributed by atoms with Crippen molar-refractivity contribution in [3.05, 3.63) is 40.2 Å². The SMILES string of the molecule is CC1CCC(C)Oc2ccnc3[nH]c(=O)n(c23)-c2nc(c(C(N)=O)cc2F)O1. The van der Waals surface area contributed by atoms with Gasteiger partial charge in [-0.2, -0.15) is 4.98 Å². The molecule has 2 bridgehead atoms. The molecule has 0 aliphatic carbocycles. The van der Waals surface area contributed by atoms with Crippen LogP contribution in [0.3, 0.4) is 0 Å². The quantitative estimate of drug-likeness (QED) is 0.654. The van der Waals surface area contributed by atoms with E-state index in [1.165, 1.54) is 6.20 Å². The Morgan fingerprint density at radius 3 is 2.75 bits per heavy atom. The van der Waals surface area contributed by atoms with Crippen LogP contribution in [-0.2, 0) is 0 Å². The highest BCUT2D eigenvalue weighted by atomic mass is 19.1. The van der Waals surface area contributed by atoms with Gasteiger partial charge in [-0.3, -0.25) is 9.78 Å². The largest absolute Gasteiger partial charge is 0.488 e. The van der Waals surface area contributed by atoms with Gasteiger partial charge < -0.3 is 15.2 Å². The van der Waals surface area contributed by atoms with Gasteiger partial charge in [0.05, 0.1) is 12.2 Å². The highest BCUT2D eigenvalue weighted by Gasteiger charge is 2.25. The maximum atomic E-state index is 14.8. The number of nitrogens with zero attached hydrogens (tertiary/aromatic N) is 3. The number of halogens is 1. The van der Waals surface area contributed by atoms with E-state index in [1.807, 2.05) is 6.92 Å². The third-order valence-electron chi connectivity index (χ3n) is 4.56. The number of hydrogen-bond acceptors (Lipinski definition) is 6. The number of pyridine rings is 2. The monoisotopic (exact) mass is 387 g/mol. The van der Waals surface area contributed by atoms with Crippen LogP contribution in [0, 0.1) is 5.82 Å². The summed E-state index contributed by atoms with van der Waals surface area (Å²) in [4.78, 5) is 35.1. The molecular formula is C18H18FN5O4. The second-order valence-electron chi connectivity index (χ2n) is 6.72. The molecule has 0 aromatic carbocycles. The molecule has 1 aliphatic rings. The number of primary amides is 1. The number of nitrogens with two attached hydrogens (primary N) is 1. The fraction of sp³-hybridized carbons (Fsp3) is 0.333. The number of aromatic amines is 1. The van der Waals surface area contributed by atoms with Crippen LogP contribution in [0.25, 0.3) is 17.0 Å². The zero-order chi connectivity index (χ0) is 20.0. The summed E-state index contributed by atoms with van der Waals surface area (Å²) in [5.74, 6) is -1.88. The molecule has 1 amide bonds. The number of carbonyl (C=O) groups excluding carboxylic acids is 1. The normalized spacial score (nSPS) is 19.2. The van der Waals surface area contributed by atoms with Crippen LogP contribution in [0.5, 0.6) is 11.6 Å². The van der Waals surface area contributed by atoms with E-state index in [9.17, 15) is 14.0 Å². The predicted octanol–water partition coefficient (Wildman–Crippen LogP) is 1.68. The maximum absolute atomic E-state index is 14.8. The number of hydrogen-bond donors (Lipinski definition) is 2. The van der Waals surface area contributed by atoms with E-state index in [1.54, 1.807) is 13.0 Å². The van der Waals surface area contributed by atoms with Gasteiger partial charge in [-0.05, 0) is 32.8 Å². The smallest absolute Gasteiger partial charge is 0.333 e. The van der Waals surface area contributed by atoms with E-state index in [0.29, 0.717) is 18.6 Å². The highest BCUT2D eigenvalue weighted by molar-refractivity contribution is 5.95. The molecule has 3 aromatic heterocycles. The van der Waals surface area contributed by atoms with Gasteiger partial charge in [0.1, 0.15) is 16.8 Å². The topological polar surface area (TPSA) is 125 Å². The van der Waals surface area contributed by atoms with Crippen molar-refractivity contribution in [3.63, 3.8) is 0 Å². The van der Waals surface area contributed by atoms with Gasteiger partial charge >= 0.3 is 5.69 Å². The molecule has 0 fully saturated rings. The Bertz CT molecular complexity index is 1140. The van der Waals surface area contributed by atoms with Crippen molar-refractivity contribution in [2.75, 3.05) is 0 Å². The number of carbonyl (C=O) groups is 1. The molecule has 0 radical (unpaired) electrons. The number of aromatic nitrogens is 4. The molecule has 2 unspecified atom stereocenters. The van der Waals surface area contributed by atoms with Gasteiger partial charge in [0, 0.05) is 12.3 Å². The molecule has 2 atom stereocenters. The number of H-pyrrole nitrogens is 1. The third kappa shape index (κ3) is 2.96. The molecule has 146 valence electrons. The van der Waals surface area contributed by atoms with Crippen LogP contribution in [0.4, 0.5) is 4.39 Å². The molecular weight excluding hydrogens is 369 g/mol. The Morgan fingerprint density at radius 1 is 1.32 bits per heavy atom. The van der Waals surface area contributed by atoms with Gasteiger partial charge in [-0.1, -0.05) is 0 Å². The first-order valence-corrected chi connectivity index (χ1v) is 8.79. The second-order valence-corrected chi connectivity index (χ2v) is 6.72. The number of ether oxygens (including phenoxy) is 2. The molecule has 9 nitrogen and oxygen atoms in total. The molecule has 1 aliphatic heterocycles. The molecule has 3 aromatic rings. The minimum atomic E-state index is -0.906. The minimum absolute atomic E-state index is 0.128. The van der Waals surface area contributed by atoms with E-state index >= 15 is 0 Å². The Kier molecular flexibility index (Phi) is 4.25. The summed E-state index contributed by atoms with van der Waals surface area (Å²) in [6.45, 7) is 3.68. The summed E-state index contributed by atoms with van der Waals surface area (Å²) < 4.78 is 27.6. The summed E-state index contributed by atoms with van der Waals surface area (Å²) in [5, 5.41) is 0. The van der Waals surface area contributed by atoms with Crippen LogP contribution >= 0.6 is 0 Å². The number of amides is 1. The van der Waals surface area contributed by atoms with Crippen LogP contribution < -0.4 is 20.9 Å². The van der Waals surface area contributed by atoms with Gasteiger partial charge in [-0.25, -0.2) is 18.7 Å². The molecule has 10 heteroatoms. The van der Waals surface area contributed by atoms with Crippen molar-refractivity contribution in [3.8, 4) is 17.4 Å². The van der Waals surface area contributed by atoms with Gasteiger partial charge in [0.25, 0.3) is 5.91 Å². The Labute approximate surface area is 158 Å². The molecule has 0 spiro atoms. The van der Waals surface area contributed by atoms with E-state index in [-0.39, 0.29) is 40.6 Å². The minimum Gasteiger partial charge on any atom is -0.488 e. The van der Waals surface area contributed by atoms with E-state index in [2.05, 4.69) is 15.0 Å². The summed E-state index contributed by atoms with van der Waals surface area (Å²) >= 11 is 0. The first kappa shape index (κ1) is 18.0. The van der Waals surface area contributed by atoms with Crippen LogP contribution in [-0.4, -0.2) is 37.6 Å². The van der Waals surface area contributed by atoms with E-state index in [4.69, 9.17) is 15.2 Å². The highest BCUT2D eigenvalue weighted by Crippen LogP contribution is 2.29. The van der Waals surface area contributed by atoms with Crippen molar-refractivity contribution in [1.29, 1.82) is 0 Å². The van der Waals surface area contributed by atoms with Crippen molar-refractivity contribution < 1.29 is 18.7 Å². The van der Waals surface area contributed by atoms with Crippen molar-refractivity contribution in [2.24, 2.45) is 5.73 Å². The van der Waals surface area contributed by atoms with Crippen LogP contribution in [0.1, 0.15) is 37.0 Å². The zero-order valence-corrected chi connectivity index (χ0v) is 15.2. The predicted molar refractivity (Wildman–Crippen MR) is 97.4 cm³/mol. The number of rotatable bonds is 1. The average molecular weight is 387 g/mol. The lowest BCUT2D eigenvalue weighted by Crippen LogP contribution is -2.24. The van der Waals surface area contributed by atoms with Crippen molar-refractivity contribution in [2.45, 2.75) is 38.9 Å². The molecule has 0 saturated heterocycles.